The molecule has 0 saturated heterocycles. The summed E-state index contributed by atoms with van der Waals surface area (Å²) in [6, 6.07) is 0. The monoisotopic (exact) mass is 274 g/mol. The van der Waals surface area contributed by atoms with E-state index in [0.29, 0.717) is 19.6 Å². The van der Waals surface area contributed by atoms with Gasteiger partial charge in [0.2, 0.25) is 10.0 Å². The van der Waals surface area contributed by atoms with Gasteiger partial charge in [0.25, 0.3) is 0 Å². The first-order valence-corrected chi connectivity index (χ1v) is 7.50. The largest absolute Gasteiger partial charge is 0.330 e. The summed E-state index contributed by atoms with van der Waals surface area (Å²) in [5, 5.41) is 4.04. The molecule has 0 aliphatic carbocycles. The highest BCUT2D eigenvalue weighted by molar-refractivity contribution is 7.89. The maximum Gasteiger partial charge on any atom is 0.245 e. The van der Waals surface area contributed by atoms with Crippen molar-refractivity contribution >= 4 is 10.0 Å². The summed E-state index contributed by atoms with van der Waals surface area (Å²) in [4.78, 5) is 0.239. The molecule has 2 N–H and O–H groups in total. The van der Waals surface area contributed by atoms with E-state index in [2.05, 4.69) is 5.10 Å². The van der Waals surface area contributed by atoms with Crippen molar-refractivity contribution in [3.05, 3.63) is 12.4 Å². The molecule has 0 radical (unpaired) electrons. The van der Waals surface area contributed by atoms with E-state index in [1.807, 2.05) is 13.8 Å². The molecule has 0 atom stereocenters. The van der Waals surface area contributed by atoms with Gasteiger partial charge in [0.1, 0.15) is 4.90 Å². The Balaban J connectivity index is 2.81. The van der Waals surface area contributed by atoms with Crippen molar-refractivity contribution in [3.8, 4) is 0 Å². The molecule has 18 heavy (non-hydrogen) atoms. The van der Waals surface area contributed by atoms with Gasteiger partial charge < -0.3 is 5.73 Å². The Kier molecular flexibility index (Phi) is 5.30. The minimum absolute atomic E-state index is 0.239. The van der Waals surface area contributed by atoms with E-state index < -0.39 is 10.0 Å². The van der Waals surface area contributed by atoms with Crippen molar-refractivity contribution in [1.29, 1.82) is 0 Å². The number of nitrogens with zero attached hydrogens (tertiary/aromatic N) is 3. The highest BCUT2D eigenvalue weighted by Crippen LogP contribution is 2.14. The van der Waals surface area contributed by atoms with Crippen LogP contribution in [0.25, 0.3) is 0 Å². The van der Waals surface area contributed by atoms with Crippen molar-refractivity contribution in [2.75, 3.05) is 20.1 Å². The van der Waals surface area contributed by atoms with Crippen LogP contribution in [0.5, 0.6) is 0 Å². The highest BCUT2D eigenvalue weighted by atomic mass is 32.2. The number of aryl methyl sites for hydroxylation is 1. The normalized spacial score (nSPS) is 12.6. The third-order valence-electron chi connectivity index (χ3n) is 2.53. The Labute approximate surface area is 109 Å². The lowest BCUT2D eigenvalue weighted by atomic mass is 10.2. The molecule has 6 nitrogen and oxygen atoms in total. The number of rotatable bonds is 7. The van der Waals surface area contributed by atoms with Gasteiger partial charge >= 0.3 is 0 Å². The Morgan fingerprint density at radius 2 is 2.17 bits per heavy atom. The first kappa shape index (κ1) is 15.1. The van der Waals surface area contributed by atoms with E-state index >= 15 is 0 Å². The zero-order valence-corrected chi connectivity index (χ0v) is 12.0. The molecular formula is C11H22N4O2S. The molecule has 0 fully saturated rings. The topological polar surface area (TPSA) is 81.2 Å². The maximum atomic E-state index is 12.2. The van der Waals surface area contributed by atoms with E-state index in [1.165, 1.54) is 10.5 Å². The summed E-state index contributed by atoms with van der Waals surface area (Å²) in [6.45, 7) is 5.67. The van der Waals surface area contributed by atoms with Crippen molar-refractivity contribution < 1.29 is 8.42 Å². The Morgan fingerprint density at radius 3 is 2.72 bits per heavy atom. The molecule has 104 valence electrons. The molecule has 1 rings (SSSR count). The van der Waals surface area contributed by atoms with Crippen LogP contribution >= 0.6 is 0 Å². The lowest BCUT2D eigenvalue weighted by Gasteiger charge is -2.17. The van der Waals surface area contributed by atoms with Crippen LogP contribution in [0, 0.1) is 5.92 Å². The molecule has 0 unspecified atom stereocenters. The van der Waals surface area contributed by atoms with E-state index in [0.717, 1.165) is 6.42 Å². The molecule has 0 amide bonds. The van der Waals surface area contributed by atoms with Crippen molar-refractivity contribution in [2.24, 2.45) is 11.7 Å². The van der Waals surface area contributed by atoms with Crippen LogP contribution in [-0.4, -0.2) is 42.6 Å². The lowest BCUT2D eigenvalue weighted by molar-refractivity contribution is 0.417. The van der Waals surface area contributed by atoms with Crippen LogP contribution in [0.3, 0.4) is 0 Å². The van der Waals surface area contributed by atoms with Gasteiger partial charge in [-0.2, -0.15) is 5.10 Å². The van der Waals surface area contributed by atoms with E-state index in [1.54, 1.807) is 17.9 Å². The first-order valence-electron chi connectivity index (χ1n) is 6.06. The van der Waals surface area contributed by atoms with E-state index in [-0.39, 0.29) is 10.8 Å². The zero-order valence-electron chi connectivity index (χ0n) is 11.2. The van der Waals surface area contributed by atoms with Gasteiger partial charge in [0.15, 0.2) is 0 Å². The molecule has 0 aliphatic heterocycles. The molecule has 1 aromatic heterocycles. The third kappa shape index (κ3) is 3.79. The number of hydrogen-bond acceptors (Lipinski definition) is 4. The van der Waals surface area contributed by atoms with Gasteiger partial charge in [-0.3, -0.25) is 4.68 Å². The van der Waals surface area contributed by atoms with Gasteiger partial charge in [-0.05, 0) is 18.9 Å². The number of hydrogen-bond donors (Lipinski definition) is 1. The fraction of sp³-hybridized carbons (Fsp3) is 0.727. The van der Waals surface area contributed by atoms with Gasteiger partial charge in [0, 0.05) is 26.3 Å². The molecule has 0 bridgehead atoms. The standard InChI is InChI=1S/C11H22N4O2S/c1-10(2)8-14(3)18(16,17)11-7-13-15(9-11)6-4-5-12/h7,9-10H,4-6,8,12H2,1-3H3. The Hall–Kier alpha value is -0.920. The number of sulfonamides is 1. The molecule has 0 aliphatic rings. The number of nitrogens with two attached hydrogens (primary N) is 1. The summed E-state index contributed by atoms with van der Waals surface area (Å²) in [5.41, 5.74) is 5.40. The van der Waals surface area contributed by atoms with Crippen LogP contribution in [0.15, 0.2) is 17.3 Å². The molecule has 1 aromatic rings. The Bertz CT molecular complexity index is 467. The molecular weight excluding hydrogens is 252 g/mol. The van der Waals surface area contributed by atoms with Crippen LogP contribution in [0.4, 0.5) is 0 Å². The lowest BCUT2D eigenvalue weighted by Crippen LogP contribution is -2.30. The summed E-state index contributed by atoms with van der Waals surface area (Å²) in [7, 11) is -1.83. The summed E-state index contributed by atoms with van der Waals surface area (Å²) in [6.07, 6.45) is 3.73. The predicted octanol–water partition coefficient (Wildman–Crippen LogP) is 0.508. The van der Waals surface area contributed by atoms with Crippen LogP contribution < -0.4 is 5.73 Å². The fourth-order valence-corrected chi connectivity index (χ4v) is 2.94. The molecule has 1 heterocycles. The quantitative estimate of drug-likeness (QED) is 0.785. The first-order chi connectivity index (χ1) is 8.37. The van der Waals surface area contributed by atoms with Gasteiger partial charge in [-0.15, -0.1) is 0 Å². The maximum absolute atomic E-state index is 12.2. The molecule has 0 aromatic carbocycles. The average molecular weight is 274 g/mol. The van der Waals surface area contributed by atoms with Crippen LogP contribution in [0.1, 0.15) is 20.3 Å². The second-order valence-electron chi connectivity index (χ2n) is 4.76. The molecule has 0 spiro atoms. The third-order valence-corrected chi connectivity index (χ3v) is 4.31. The predicted molar refractivity (Wildman–Crippen MR) is 70.6 cm³/mol. The smallest absolute Gasteiger partial charge is 0.245 e. The van der Waals surface area contributed by atoms with Crippen LogP contribution in [0.2, 0.25) is 0 Å². The minimum Gasteiger partial charge on any atom is -0.330 e. The second-order valence-corrected chi connectivity index (χ2v) is 6.81. The molecule has 7 heteroatoms. The Morgan fingerprint density at radius 1 is 1.50 bits per heavy atom. The van der Waals surface area contributed by atoms with Crippen molar-refractivity contribution in [2.45, 2.75) is 31.7 Å². The summed E-state index contributed by atoms with van der Waals surface area (Å²) >= 11 is 0. The summed E-state index contributed by atoms with van der Waals surface area (Å²) < 4.78 is 27.4. The average Bonchev–Trinajstić information content (AvgIpc) is 2.74. The molecule has 0 saturated carbocycles. The highest BCUT2D eigenvalue weighted by Gasteiger charge is 2.22. The second kappa shape index (κ2) is 6.31. The van der Waals surface area contributed by atoms with Gasteiger partial charge in [-0.25, -0.2) is 12.7 Å². The van der Waals surface area contributed by atoms with Crippen LogP contribution in [-0.2, 0) is 16.6 Å². The van der Waals surface area contributed by atoms with E-state index in [9.17, 15) is 8.42 Å². The van der Waals surface area contributed by atoms with Gasteiger partial charge in [0.05, 0.1) is 6.20 Å². The fourth-order valence-electron chi connectivity index (χ4n) is 1.65. The zero-order chi connectivity index (χ0) is 13.8. The van der Waals surface area contributed by atoms with Crippen molar-refractivity contribution in [3.63, 3.8) is 0 Å². The van der Waals surface area contributed by atoms with Gasteiger partial charge in [-0.1, -0.05) is 13.8 Å². The van der Waals surface area contributed by atoms with Crippen molar-refractivity contribution in [1.82, 2.24) is 14.1 Å². The minimum atomic E-state index is -3.42. The SMILES string of the molecule is CC(C)CN(C)S(=O)(=O)c1cnn(CCCN)c1. The number of aromatic nitrogens is 2. The summed E-state index contributed by atoms with van der Waals surface area (Å²) in [5.74, 6) is 0.289. The van der Waals surface area contributed by atoms with E-state index in [4.69, 9.17) is 5.73 Å².